The fourth-order valence-corrected chi connectivity index (χ4v) is 3.81. The molecular formula is C21H28N2O3S. The lowest BCUT2D eigenvalue weighted by molar-refractivity contribution is -0.120. The molecule has 2 aromatic carbocycles. The van der Waals surface area contributed by atoms with Crippen molar-refractivity contribution in [1.82, 2.24) is 5.32 Å². The first-order valence-electron chi connectivity index (χ1n) is 9.06. The average molecular weight is 389 g/mol. The van der Waals surface area contributed by atoms with Crippen molar-refractivity contribution < 1.29 is 13.2 Å². The molecule has 1 N–H and O–H groups in total. The van der Waals surface area contributed by atoms with Crippen molar-refractivity contribution in [2.24, 2.45) is 0 Å². The summed E-state index contributed by atoms with van der Waals surface area (Å²) in [5.41, 5.74) is 3.80. The summed E-state index contributed by atoms with van der Waals surface area (Å²) in [4.78, 5) is 12.1. The van der Waals surface area contributed by atoms with E-state index in [2.05, 4.69) is 19.2 Å². The summed E-state index contributed by atoms with van der Waals surface area (Å²) >= 11 is 0. The van der Waals surface area contributed by atoms with Crippen molar-refractivity contribution in [3.8, 4) is 0 Å². The highest BCUT2D eigenvalue weighted by Gasteiger charge is 2.17. The van der Waals surface area contributed by atoms with Crippen LogP contribution in [0, 0.1) is 6.92 Å². The molecule has 0 saturated heterocycles. The molecule has 5 nitrogen and oxygen atoms in total. The van der Waals surface area contributed by atoms with E-state index in [4.69, 9.17) is 0 Å². The van der Waals surface area contributed by atoms with Crippen LogP contribution in [0.4, 0.5) is 5.69 Å². The number of hydrogen-bond acceptors (Lipinski definition) is 3. The minimum atomic E-state index is -3.43. The number of rotatable bonds is 8. The zero-order chi connectivity index (χ0) is 20.0. The standard InChI is InChI=1S/C21H28N2O3S/c1-16(2)19-8-10-20(11-9-19)23(27(4,25)26)13-12-22-21(24)15-18-7-5-6-17(3)14-18/h5-11,14,16H,12-13,15H2,1-4H3,(H,22,24). The largest absolute Gasteiger partial charge is 0.354 e. The van der Waals surface area contributed by atoms with Crippen LogP contribution in [-0.4, -0.2) is 33.7 Å². The lowest BCUT2D eigenvalue weighted by Gasteiger charge is -2.23. The van der Waals surface area contributed by atoms with Gasteiger partial charge in [-0.05, 0) is 36.1 Å². The lowest BCUT2D eigenvalue weighted by Crippen LogP contribution is -2.38. The second-order valence-electron chi connectivity index (χ2n) is 7.10. The highest BCUT2D eigenvalue weighted by molar-refractivity contribution is 7.92. The van der Waals surface area contributed by atoms with Gasteiger partial charge in [0, 0.05) is 6.54 Å². The maximum atomic E-state index is 12.2. The third-order valence-electron chi connectivity index (χ3n) is 4.33. The zero-order valence-electron chi connectivity index (χ0n) is 16.4. The number of amides is 1. The van der Waals surface area contributed by atoms with Gasteiger partial charge in [-0.1, -0.05) is 55.8 Å². The number of carbonyl (C=O) groups excluding carboxylic acids is 1. The molecule has 6 heteroatoms. The molecule has 0 atom stereocenters. The van der Waals surface area contributed by atoms with Gasteiger partial charge in [-0.15, -0.1) is 0 Å². The van der Waals surface area contributed by atoms with Gasteiger partial charge in [-0.3, -0.25) is 9.10 Å². The Morgan fingerprint density at radius 3 is 2.33 bits per heavy atom. The summed E-state index contributed by atoms with van der Waals surface area (Å²) in [6.45, 7) is 6.61. The third kappa shape index (κ3) is 6.40. The van der Waals surface area contributed by atoms with E-state index in [1.54, 1.807) is 0 Å². The Kier molecular flexibility index (Phi) is 7.02. The van der Waals surface area contributed by atoms with E-state index >= 15 is 0 Å². The average Bonchev–Trinajstić information content (AvgIpc) is 2.58. The summed E-state index contributed by atoms with van der Waals surface area (Å²) in [5, 5.41) is 2.81. The first-order valence-corrected chi connectivity index (χ1v) is 10.9. The van der Waals surface area contributed by atoms with Gasteiger partial charge in [0.15, 0.2) is 0 Å². The number of hydrogen-bond donors (Lipinski definition) is 1. The predicted octanol–water partition coefficient (Wildman–Crippen LogP) is 3.24. The van der Waals surface area contributed by atoms with Crippen molar-refractivity contribution in [2.75, 3.05) is 23.7 Å². The van der Waals surface area contributed by atoms with Crippen LogP contribution in [0.5, 0.6) is 0 Å². The summed E-state index contributed by atoms with van der Waals surface area (Å²) in [5.74, 6) is 0.260. The predicted molar refractivity (Wildman–Crippen MR) is 111 cm³/mol. The Labute approximate surface area is 162 Å². The molecule has 2 aromatic rings. The maximum Gasteiger partial charge on any atom is 0.232 e. The van der Waals surface area contributed by atoms with Gasteiger partial charge >= 0.3 is 0 Å². The number of benzene rings is 2. The van der Waals surface area contributed by atoms with Gasteiger partial charge in [-0.25, -0.2) is 8.42 Å². The first-order chi connectivity index (χ1) is 12.7. The molecule has 0 unspecified atom stereocenters. The normalized spacial score (nSPS) is 11.4. The number of nitrogens with zero attached hydrogens (tertiary/aromatic N) is 1. The Morgan fingerprint density at radius 1 is 1.11 bits per heavy atom. The van der Waals surface area contributed by atoms with Crippen LogP contribution in [-0.2, 0) is 21.2 Å². The smallest absolute Gasteiger partial charge is 0.232 e. The molecule has 0 aromatic heterocycles. The fourth-order valence-electron chi connectivity index (χ4n) is 2.88. The van der Waals surface area contributed by atoms with Crippen LogP contribution in [0.15, 0.2) is 48.5 Å². The van der Waals surface area contributed by atoms with E-state index in [-0.39, 0.29) is 25.4 Å². The molecule has 2 rings (SSSR count). The SMILES string of the molecule is Cc1cccc(CC(=O)NCCN(c2ccc(C(C)C)cc2)S(C)(=O)=O)c1. The molecule has 146 valence electrons. The van der Waals surface area contributed by atoms with Crippen LogP contribution in [0.1, 0.15) is 36.5 Å². The summed E-state index contributed by atoms with van der Waals surface area (Å²) in [6.07, 6.45) is 1.46. The number of nitrogens with one attached hydrogen (secondary N) is 1. The fraction of sp³-hybridized carbons (Fsp3) is 0.381. The van der Waals surface area contributed by atoms with Crippen LogP contribution in [0.2, 0.25) is 0 Å². The third-order valence-corrected chi connectivity index (χ3v) is 5.53. The molecule has 0 spiro atoms. The van der Waals surface area contributed by atoms with Gasteiger partial charge in [-0.2, -0.15) is 0 Å². The molecule has 0 fully saturated rings. The van der Waals surface area contributed by atoms with Crippen LogP contribution < -0.4 is 9.62 Å². The first kappa shape index (κ1) is 21.0. The van der Waals surface area contributed by atoms with Crippen molar-refractivity contribution in [1.29, 1.82) is 0 Å². The van der Waals surface area contributed by atoms with Gasteiger partial charge in [0.05, 0.1) is 24.9 Å². The van der Waals surface area contributed by atoms with Crippen molar-refractivity contribution >= 4 is 21.6 Å². The molecule has 0 heterocycles. The Hall–Kier alpha value is -2.34. The van der Waals surface area contributed by atoms with E-state index in [1.807, 2.05) is 55.5 Å². The van der Waals surface area contributed by atoms with E-state index in [1.165, 1.54) is 10.6 Å². The van der Waals surface area contributed by atoms with Crippen molar-refractivity contribution in [2.45, 2.75) is 33.1 Å². The molecule has 0 aliphatic rings. The Bertz CT molecular complexity index is 875. The number of aryl methyl sites for hydroxylation is 1. The quantitative estimate of drug-likeness (QED) is 0.755. The maximum absolute atomic E-state index is 12.2. The summed E-state index contributed by atoms with van der Waals surface area (Å²) in [6, 6.07) is 15.3. The number of anilines is 1. The van der Waals surface area contributed by atoms with E-state index in [9.17, 15) is 13.2 Å². The molecule has 0 aliphatic heterocycles. The van der Waals surface area contributed by atoms with Crippen LogP contribution >= 0.6 is 0 Å². The van der Waals surface area contributed by atoms with Gasteiger partial charge in [0.1, 0.15) is 0 Å². The molecule has 0 bridgehead atoms. The summed E-state index contributed by atoms with van der Waals surface area (Å²) in [7, 11) is -3.43. The molecule has 0 radical (unpaired) electrons. The molecule has 0 aliphatic carbocycles. The van der Waals surface area contributed by atoms with E-state index in [0.717, 1.165) is 16.7 Å². The Balaban J connectivity index is 1.98. The van der Waals surface area contributed by atoms with E-state index < -0.39 is 10.0 Å². The molecule has 27 heavy (non-hydrogen) atoms. The monoisotopic (exact) mass is 388 g/mol. The minimum Gasteiger partial charge on any atom is -0.354 e. The molecule has 0 saturated carbocycles. The topological polar surface area (TPSA) is 66.5 Å². The Morgan fingerprint density at radius 2 is 1.78 bits per heavy atom. The van der Waals surface area contributed by atoms with Gasteiger partial charge in [0.2, 0.25) is 15.9 Å². The molecule has 1 amide bonds. The van der Waals surface area contributed by atoms with Crippen LogP contribution in [0.25, 0.3) is 0 Å². The second-order valence-corrected chi connectivity index (χ2v) is 9.00. The summed E-state index contributed by atoms with van der Waals surface area (Å²) < 4.78 is 25.7. The van der Waals surface area contributed by atoms with Crippen LogP contribution in [0.3, 0.4) is 0 Å². The van der Waals surface area contributed by atoms with Gasteiger partial charge < -0.3 is 5.32 Å². The number of carbonyl (C=O) groups is 1. The van der Waals surface area contributed by atoms with Gasteiger partial charge in [0.25, 0.3) is 0 Å². The zero-order valence-corrected chi connectivity index (χ0v) is 17.2. The van der Waals surface area contributed by atoms with E-state index in [0.29, 0.717) is 11.6 Å². The molecular weight excluding hydrogens is 360 g/mol. The highest BCUT2D eigenvalue weighted by Crippen LogP contribution is 2.21. The van der Waals surface area contributed by atoms with Crippen molar-refractivity contribution in [3.05, 3.63) is 65.2 Å². The highest BCUT2D eigenvalue weighted by atomic mass is 32.2. The lowest BCUT2D eigenvalue weighted by atomic mass is 10.0. The number of sulfonamides is 1. The second kappa shape index (κ2) is 9.04. The van der Waals surface area contributed by atoms with Crippen molar-refractivity contribution in [3.63, 3.8) is 0 Å². The minimum absolute atomic E-state index is 0.121.